The first-order chi connectivity index (χ1) is 11.0. The molecule has 6 heteroatoms. The van der Waals surface area contributed by atoms with Gasteiger partial charge < -0.3 is 15.4 Å². The molecule has 2 amide bonds. The van der Waals surface area contributed by atoms with E-state index < -0.39 is 0 Å². The fourth-order valence-electron chi connectivity index (χ4n) is 1.99. The Hall–Kier alpha value is -2.89. The van der Waals surface area contributed by atoms with E-state index >= 15 is 0 Å². The number of nitrogens with one attached hydrogen (secondary N) is 2. The molecule has 2 N–H and O–H groups in total. The Bertz CT molecular complexity index is 657. The number of ether oxygens (including phenoxy) is 1. The van der Waals surface area contributed by atoms with Crippen molar-refractivity contribution in [3.05, 3.63) is 54.2 Å². The Morgan fingerprint density at radius 3 is 2.52 bits per heavy atom. The summed E-state index contributed by atoms with van der Waals surface area (Å²) in [4.78, 5) is 26.8. The molecule has 2 rings (SSSR count). The number of carbonyl (C=O) groups excluding carboxylic acids is 2. The van der Waals surface area contributed by atoms with Gasteiger partial charge in [-0.1, -0.05) is 30.3 Å². The van der Waals surface area contributed by atoms with Crippen LogP contribution in [0.1, 0.15) is 25.5 Å². The SMILES string of the molecule is CC(=O)Nc1ccc(OCC(=O)N[C@H](C)c2ccccc2)nc1. The highest BCUT2D eigenvalue weighted by molar-refractivity contribution is 5.88. The summed E-state index contributed by atoms with van der Waals surface area (Å²) in [5.74, 6) is -0.0783. The van der Waals surface area contributed by atoms with Crippen molar-refractivity contribution in [1.29, 1.82) is 0 Å². The predicted octanol–water partition coefficient (Wildman–Crippen LogP) is 2.30. The van der Waals surface area contributed by atoms with Gasteiger partial charge in [0.05, 0.1) is 17.9 Å². The Balaban J connectivity index is 1.81. The number of nitrogens with zero attached hydrogens (tertiary/aromatic N) is 1. The van der Waals surface area contributed by atoms with Crippen molar-refractivity contribution in [2.45, 2.75) is 19.9 Å². The lowest BCUT2D eigenvalue weighted by Crippen LogP contribution is -2.31. The van der Waals surface area contributed by atoms with E-state index in [0.29, 0.717) is 11.6 Å². The van der Waals surface area contributed by atoms with Crippen LogP contribution in [0.2, 0.25) is 0 Å². The minimum atomic E-state index is -0.228. The van der Waals surface area contributed by atoms with Crippen LogP contribution in [0, 0.1) is 0 Å². The third kappa shape index (κ3) is 5.43. The monoisotopic (exact) mass is 313 g/mol. The zero-order chi connectivity index (χ0) is 16.7. The van der Waals surface area contributed by atoms with Gasteiger partial charge in [0.15, 0.2) is 6.61 Å². The van der Waals surface area contributed by atoms with Gasteiger partial charge in [0.1, 0.15) is 0 Å². The van der Waals surface area contributed by atoms with Crippen LogP contribution in [-0.4, -0.2) is 23.4 Å². The standard InChI is InChI=1S/C17H19N3O3/c1-12(14-6-4-3-5-7-14)19-16(22)11-23-17-9-8-15(10-18-17)20-13(2)21/h3-10,12H,11H2,1-2H3,(H,19,22)(H,20,21)/t12-/m1/s1. The molecule has 23 heavy (non-hydrogen) atoms. The van der Waals surface area contributed by atoms with E-state index in [1.54, 1.807) is 12.1 Å². The molecule has 1 atom stereocenters. The zero-order valence-electron chi connectivity index (χ0n) is 13.1. The van der Waals surface area contributed by atoms with E-state index in [4.69, 9.17) is 4.74 Å². The first-order valence-corrected chi connectivity index (χ1v) is 7.25. The lowest BCUT2D eigenvalue weighted by Gasteiger charge is -2.14. The van der Waals surface area contributed by atoms with E-state index in [-0.39, 0.29) is 24.5 Å². The molecule has 0 bridgehead atoms. The number of anilines is 1. The molecule has 0 radical (unpaired) electrons. The normalized spacial score (nSPS) is 11.4. The number of hydrogen-bond acceptors (Lipinski definition) is 4. The summed E-state index contributed by atoms with van der Waals surface area (Å²) in [5.41, 5.74) is 1.60. The summed E-state index contributed by atoms with van der Waals surface area (Å²) in [6, 6.07) is 12.8. The second-order valence-electron chi connectivity index (χ2n) is 5.05. The minimum Gasteiger partial charge on any atom is -0.468 e. The van der Waals surface area contributed by atoms with Crippen molar-refractivity contribution in [2.24, 2.45) is 0 Å². The van der Waals surface area contributed by atoms with Crippen LogP contribution in [0.4, 0.5) is 5.69 Å². The minimum absolute atomic E-state index is 0.0950. The Morgan fingerprint density at radius 2 is 1.91 bits per heavy atom. The third-order valence-electron chi connectivity index (χ3n) is 3.08. The second-order valence-corrected chi connectivity index (χ2v) is 5.05. The molecule has 0 fully saturated rings. The maximum absolute atomic E-state index is 11.9. The highest BCUT2D eigenvalue weighted by Gasteiger charge is 2.10. The van der Waals surface area contributed by atoms with Crippen molar-refractivity contribution in [3.8, 4) is 5.88 Å². The van der Waals surface area contributed by atoms with Gasteiger partial charge in [-0.3, -0.25) is 9.59 Å². The third-order valence-corrected chi connectivity index (χ3v) is 3.08. The average molecular weight is 313 g/mol. The predicted molar refractivity (Wildman–Crippen MR) is 87.0 cm³/mol. The van der Waals surface area contributed by atoms with Crippen LogP contribution in [0.15, 0.2) is 48.7 Å². The van der Waals surface area contributed by atoms with Crippen molar-refractivity contribution in [1.82, 2.24) is 10.3 Å². The van der Waals surface area contributed by atoms with Crippen molar-refractivity contribution in [2.75, 3.05) is 11.9 Å². The van der Waals surface area contributed by atoms with Crippen LogP contribution in [-0.2, 0) is 9.59 Å². The Morgan fingerprint density at radius 1 is 1.17 bits per heavy atom. The highest BCUT2D eigenvalue weighted by Crippen LogP contribution is 2.12. The molecule has 0 aliphatic heterocycles. The number of rotatable bonds is 6. The second kappa shape index (κ2) is 7.93. The molecule has 1 aromatic heterocycles. The molecule has 6 nitrogen and oxygen atoms in total. The molecule has 0 saturated heterocycles. The molecule has 0 spiro atoms. The fourth-order valence-corrected chi connectivity index (χ4v) is 1.99. The lowest BCUT2D eigenvalue weighted by molar-refractivity contribution is -0.123. The van der Waals surface area contributed by atoms with Crippen LogP contribution in [0.3, 0.4) is 0 Å². The topological polar surface area (TPSA) is 80.3 Å². The van der Waals surface area contributed by atoms with Gasteiger partial charge in [-0.25, -0.2) is 4.98 Å². The van der Waals surface area contributed by atoms with Gasteiger partial charge in [-0.15, -0.1) is 0 Å². The smallest absolute Gasteiger partial charge is 0.258 e. The van der Waals surface area contributed by atoms with Gasteiger partial charge in [-0.2, -0.15) is 0 Å². The van der Waals surface area contributed by atoms with Crippen LogP contribution < -0.4 is 15.4 Å². The molecule has 120 valence electrons. The first kappa shape index (κ1) is 16.5. The number of carbonyl (C=O) groups is 2. The molecule has 0 unspecified atom stereocenters. The summed E-state index contributed by atoms with van der Waals surface area (Å²) in [6.07, 6.45) is 1.47. The largest absolute Gasteiger partial charge is 0.468 e. The van der Waals surface area contributed by atoms with E-state index in [0.717, 1.165) is 5.56 Å². The molecule has 1 aromatic carbocycles. The van der Waals surface area contributed by atoms with Gasteiger partial charge in [0.25, 0.3) is 5.91 Å². The van der Waals surface area contributed by atoms with Gasteiger partial charge in [0, 0.05) is 13.0 Å². The summed E-state index contributed by atoms with van der Waals surface area (Å²) in [6.45, 7) is 3.21. The summed E-state index contributed by atoms with van der Waals surface area (Å²) in [5, 5.41) is 5.46. The van der Waals surface area contributed by atoms with Gasteiger partial charge in [0.2, 0.25) is 11.8 Å². The number of amides is 2. The molecule has 0 saturated carbocycles. The Kier molecular flexibility index (Phi) is 5.68. The summed E-state index contributed by atoms with van der Waals surface area (Å²) < 4.78 is 5.33. The van der Waals surface area contributed by atoms with E-state index in [2.05, 4.69) is 15.6 Å². The quantitative estimate of drug-likeness (QED) is 0.857. The molecule has 2 aromatic rings. The maximum atomic E-state index is 11.9. The molecule has 0 aliphatic carbocycles. The van der Waals surface area contributed by atoms with Crippen LogP contribution >= 0.6 is 0 Å². The number of hydrogen-bond donors (Lipinski definition) is 2. The van der Waals surface area contributed by atoms with Crippen molar-refractivity contribution < 1.29 is 14.3 Å². The van der Waals surface area contributed by atoms with Gasteiger partial charge in [-0.05, 0) is 18.6 Å². The number of aromatic nitrogens is 1. The molecule has 1 heterocycles. The van der Waals surface area contributed by atoms with Crippen molar-refractivity contribution >= 4 is 17.5 Å². The Labute approximate surface area is 134 Å². The lowest BCUT2D eigenvalue weighted by atomic mass is 10.1. The highest BCUT2D eigenvalue weighted by atomic mass is 16.5. The van der Waals surface area contributed by atoms with Crippen molar-refractivity contribution in [3.63, 3.8) is 0 Å². The summed E-state index contributed by atoms with van der Waals surface area (Å²) >= 11 is 0. The molecular weight excluding hydrogens is 294 g/mol. The number of pyridine rings is 1. The average Bonchev–Trinajstić information content (AvgIpc) is 2.54. The molecular formula is C17H19N3O3. The maximum Gasteiger partial charge on any atom is 0.258 e. The van der Waals surface area contributed by atoms with Gasteiger partial charge >= 0.3 is 0 Å². The summed E-state index contributed by atoms with van der Waals surface area (Å²) in [7, 11) is 0. The van der Waals surface area contributed by atoms with E-state index in [9.17, 15) is 9.59 Å². The van der Waals surface area contributed by atoms with E-state index in [1.165, 1.54) is 13.1 Å². The first-order valence-electron chi connectivity index (χ1n) is 7.25. The fraction of sp³-hybridized carbons (Fsp3) is 0.235. The molecule has 0 aliphatic rings. The van der Waals surface area contributed by atoms with E-state index in [1.807, 2.05) is 37.3 Å². The number of benzene rings is 1. The van der Waals surface area contributed by atoms with Crippen LogP contribution in [0.5, 0.6) is 5.88 Å². The zero-order valence-corrected chi connectivity index (χ0v) is 13.1. The van der Waals surface area contributed by atoms with Crippen LogP contribution in [0.25, 0.3) is 0 Å².